The van der Waals surface area contributed by atoms with Crippen LogP contribution in [0.1, 0.15) is 24.2 Å². The Morgan fingerprint density at radius 3 is 2.52 bits per heavy atom. The Bertz CT molecular complexity index is 606. The summed E-state index contributed by atoms with van der Waals surface area (Å²) in [6, 6.07) is 2.66. The van der Waals surface area contributed by atoms with E-state index in [4.69, 9.17) is 16.7 Å². The molecule has 1 atom stereocenters. The van der Waals surface area contributed by atoms with Gasteiger partial charge in [0.1, 0.15) is 6.04 Å². The second-order valence-electron chi connectivity index (χ2n) is 5.13. The molecule has 0 aliphatic rings. The van der Waals surface area contributed by atoms with Crippen molar-refractivity contribution in [2.75, 3.05) is 13.2 Å². The lowest BCUT2D eigenvalue weighted by Gasteiger charge is -2.21. The maximum absolute atomic E-state index is 12.2. The first kappa shape index (κ1) is 18.9. The molecule has 8 nitrogen and oxygen atoms in total. The molecule has 0 fully saturated rings. The van der Waals surface area contributed by atoms with Gasteiger partial charge in [-0.15, -0.1) is 0 Å². The van der Waals surface area contributed by atoms with Crippen LogP contribution >= 0.6 is 11.6 Å². The Morgan fingerprint density at radius 2 is 2.04 bits per heavy atom. The highest BCUT2D eigenvalue weighted by Gasteiger charge is 2.25. The average Bonchev–Trinajstić information content (AvgIpc) is 2.49. The van der Waals surface area contributed by atoms with Gasteiger partial charge in [-0.3, -0.25) is 19.7 Å². The molecule has 0 saturated heterocycles. The molecule has 1 aromatic rings. The Kier molecular flexibility index (Phi) is 6.92. The molecule has 0 bridgehead atoms. The third-order valence-electron chi connectivity index (χ3n) is 3.05. The van der Waals surface area contributed by atoms with E-state index in [0.717, 1.165) is 12.1 Å². The Balaban J connectivity index is 2.91. The van der Waals surface area contributed by atoms with Gasteiger partial charge in [-0.2, -0.15) is 0 Å². The van der Waals surface area contributed by atoms with E-state index in [2.05, 4.69) is 10.6 Å². The van der Waals surface area contributed by atoms with E-state index in [9.17, 15) is 19.7 Å². The molecule has 0 heterocycles. The number of hydrogen-bond donors (Lipinski definition) is 3. The highest BCUT2D eigenvalue weighted by Crippen LogP contribution is 2.22. The van der Waals surface area contributed by atoms with Crippen LogP contribution in [0.4, 0.5) is 5.69 Å². The summed E-state index contributed by atoms with van der Waals surface area (Å²) in [5, 5.41) is 24.3. The fraction of sp³-hybridized carbons (Fsp3) is 0.429. The number of non-ortho nitro benzene ring substituents is 1. The van der Waals surface area contributed by atoms with E-state index in [-0.39, 0.29) is 35.3 Å². The largest absolute Gasteiger partial charge is 0.395 e. The molecule has 0 aliphatic heterocycles. The van der Waals surface area contributed by atoms with Crippen molar-refractivity contribution in [1.82, 2.24) is 10.6 Å². The number of amides is 2. The average molecular weight is 344 g/mol. The second kappa shape index (κ2) is 8.44. The second-order valence-corrected chi connectivity index (χ2v) is 5.54. The minimum Gasteiger partial charge on any atom is -0.395 e. The van der Waals surface area contributed by atoms with Gasteiger partial charge in [0.05, 0.1) is 22.1 Å². The summed E-state index contributed by atoms with van der Waals surface area (Å²) < 4.78 is 0. The number of benzene rings is 1. The maximum atomic E-state index is 12.2. The first-order valence-electron chi connectivity index (χ1n) is 6.91. The van der Waals surface area contributed by atoms with E-state index in [0.29, 0.717) is 0 Å². The monoisotopic (exact) mass is 343 g/mol. The number of nitrogens with zero attached hydrogens (tertiary/aromatic N) is 1. The minimum absolute atomic E-state index is 0.0397. The van der Waals surface area contributed by atoms with Crippen molar-refractivity contribution in [3.05, 3.63) is 38.9 Å². The zero-order chi connectivity index (χ0) is 17.6. The van der Waals surface area contributed by atoms with Crippen LogP contribution in [0.5, 0.6) is 0 Å². The molecule has 126 valence electrons. The third-order valence-corrected chi connectivity index (χ3v) is 3.37. The fourth-order valence-electron chi connectivity index (χ4n) is 1.84. The van der Waals surface area contributed by atoms with Crippen molar-refractivity contribution >= 4 is 29.1 Å². The van der Waals surface area contributed by atoms with E-state index in [1.165, 1.54) is 6.07 Å². The summed E-state index contributed by atoms with van der Waals surface area (Å²) in [5.74, 6) is -1.24. The van der Waals surface area contributed by atoms with Gasteiger partial charge < -0.3 is 15.7 Å². The van der Waals surface area contributed by atoms with Crippen molar-refractivity contribution in [1.29, 1.82) is 0 Å². The Labute approximate surface area is 138 Å². The highest BCUT2D eigenvalue weighted by atomic mass is 35.5. The van der Waals surface area contributed by atoms with Gasteiger partial charge in [-0.25, -0.2) is 0 Å². The van der Waals surface area contributed by atoms with Gasteiger partial charge in [-0.05, 0) is 12.0 Å². The quantitative estimate of drug-likeness (QED) is 0.505. The molecule has 1 unspecified atom stereocenters. The molecule has 0 spiro atoms. The van der Waals surface area contributed by atoms with Crippen LogP contribution in [0.25, 0.3) is 0 Å². The van der Waals surface area contributed by atoms with Crippen molar-refractivity contribution < 1.29 is 19.6 Å². The zero-order valence-corrected chi connectivity index (χ0v) is 13.5. The molecule has 1 aromatic carbocycles. The van der Waals surface area contributed by atoms with Crippen LogP contribution in [0, 0.1) is 16.0 Å². The van der Waals surface area contributed by atoms with Gasteiger partial charge in [0.25, 0.3) is 11.6 Å². The standard InChI is InChI=1S/C14H18ClN3O5/c1-8(2)12(14(21)16-5-6-19)17-13(20)10-4-3-9(18(22)23)7-11(10)15/h3-4,7-8,12,19H,5-6H2,1-2H3,(H,16,21)(H,17,20). The summed E-state index contributed by atoms with van der Waals surface area (Å²) in [6.45, 7) is 3.37. The number of carbonyl (C=O) groups excluding carboxylic acids is 2. The summed E-state index contributed by atoms with van der Waals surface area (Å²) >= 11 is 5.90. The van der Waals surface area contributed by atoms with Crippen LogP contribution in [-0.2, 0) is 4.79 Å². The molecular weight excluding hydrogens is 326 g/mol. The van der Waals surface area contributed by atoms with Crippen LogP contribution in [0.15, 0.2) is 18.2 Å². The smallest absolute Gasteiger partial charge is 0.270 e. The lowest BCUT2D eigenvalue weighted by Crippen LogP contribution is -2.50. The van der Waals surface area contributed by atoms with E-state index in [1.54, 1.807) is 13.8 Å². The molecule has 3 N–H and O–H groups in total. The van der Waals surface area contributed by atoms with Crippen molar-refractivity contribution in [3.63, 3.8) is 0 Å². The van der Waals surface area contributed by atoms with E-state index >= 15 is 0 Å². The number of rotatable bonds is 7. The van der Waals surface area contributed by atoms with Crippen LogP contribution in [-0.4, -0.2) is 41.0 Å². The molecule has 23 heavy (non-hydrogen) atoms. The molecule has 0 aliphatic carbocycles. The van der Waals surface area contributed by atoms with Crippen LogP contribution in [0.3, 0.4) is 0 Å². The molecule has 1 rings (SSSR count). The fourth-order valence-corrected chi connectivity index (χ4v) is 2.11. The van der Waals surface area contributed by atoms with Crippen molar-refractivity contribution in [3.8, 4) is 0 Å². The van der Waals surface area contributed by atoms with Crippen molar-refractivity contribution in [2.45, 2.75) is 19.9 Å². The van der Waals surface area contributed by atoms with Gasteiger partial charge in [0.2, 0.25) is 5.91 Å². The molecule has 2 amide bonds. The SMILES string of the molecule is CC(C)C(NC(=O)c1ccc([N+](=O)[O-])cc1Cl)C(=O)NCCO. The summed E-state index contributed by atoms with van der Waals surface area (Å²) in [6.07, 6.45) is 0. The molecule has 0 radical (unpaired) electrons. The summed E-state index contributed by atoms with van der Waals surface area (Å²) in [5.41, 5.74) is -0.189. The van der Waals surface area contributed by atoms with Crippen LogP contribution < -0.4 is 10.6 Å². The molecular formula is C14H18ClN3O5. The Hall–Kier alpha value is -2.19. The lowest BCUT2D eigenvalue weighted by atomic mass is 10.0. The van der Waals surface area contributed by atoms with E-state index < -0.39 is 22.8 Å². The number of nitro groups is 1. The normalized spacial score (nSPS) is 11.9. The minimum atomic E-state index is -0.819. The predicted octanol–water partition coefficient (Wildman–Crippen LogP) is 1.11. The van der Waals surface area contributed by atoms with Gasteiger partial charge >= 0.3 is 0 Å². The maximum Gasteiger partial charge on any atom is 0.270 e. The number of nitro benzene ring substituents is 1. The zero-order valence-electron chi connectivity index (χ0n) is 12.7. The lowest BCUT2D eigenvalue weighted by molar-refractivity contribution is -0.384. The number of aliphatic hydroxyl groups excluding tert-OH is 1. The predicted molar refractivity (Wildman–Crippen MR) is 84.3 cm³/mol. The number of hydrogen-bond acceptors (Lipinski definition) is 5. The number of halogens is 1. The number of aliphatic hydroxyl groups is 1. The number of nitrogens with one attached hydrogen (secondary N) is 2. The number of carbonyl (C=O) groups is 2. The molecule has 9 heteroatoms. The Morgan fingerprint density at radius 1 is 1.39 bits per heavy atom. The highest BCUT2D eigenvalue weighted by molar-refractivity contribution is 6.34. The molecule has 0 saturated carbocycles. The first-order chi connectivity index (χ1) is 10.8. The molecule has 0 aromatic heterocycles. The van der Waals surface area contributed by atoms with Crippen molar-refractivity contribution in [2.24, 2.45) is 5.92 Å². The summed E-state index contributed by atoms with van der Waals surface area (Å²) in [4.78, 5) is 34.3. The summed E-state index contributed by atoms with van der Waals surface area (Å²) in [7, 11) is 0. The first-order valence-corrected chi connectivity index (χ1v) is 7.29. The van der Waals surface area contributed by atoms with Gasteiger partial charge in [0.15, 0.2) is 0 Å². The topological polar surface area (TPSA) is 122 Å². The van der Waals surface area contributed by atoms with Crippen LogP contribution in [0.2, 0.25) is 5.02 Å². The van der Waals surface area contributed by atoms with Gasteiger partial charge in [0, 0.05) is 18.7 Å². The van der Waals surface area contributed by atoms with Gasteiger partial charge in [-0.1, -0.05) is 25.4 Å². The third kappa shape index (κ3) is 5.19. The van der Waals surface area contributed by atoms with E-state index in [1.807, 2.05) is 0 Å².